The van der Waals surface area contributed by atoms with Crippen LogP contribution in [-0.4, -0.2) is 0 Å². The van der Waals surface area contributed by atoms with Gasteiger partial charge in [-0.1, -0.05) is 86.6 Å². The fourth-order valence-electron chi connectivity index (χ4n) is 4.77. The van der Waals surface area contributed by atoms with Crippen molar-refractivity contribution in [1.29, 1.82) is 0 Å². The van der Waals surface area contributed by atoms with Crippen molar-refractivity contribution >= 4 is 11.4 Å². The summed E-state index contributed by atoms with van der Waals surface area (Å²) in [6.45, 7) is 4.31. The first-order valence-electron chi connectivity index (χ1n) is 12.9. The number of nitrogen functional groups attached to an aromatic ring is 2. The van der Waals surface area contributed by atoms with Crippen molar-refractivity contribution in [3.63, 3.8) is 0 Å². The maximum Gasteiger partial charge on any atom is 0.0346 e. The predicted octanol–water partition coefficient (Wildman–Crippen LogP) is 7.33. The van der Waals surface area contributed by atoms with E-state index < -0.39 is 0 Å². The second kappa shape index (κ2) is 11.8. The van der Waals surface area contributed by atoms with Crippen molar-refractivity contribution < 1.29 is 0 Å². The van der Waals surface area contributed by atoms with E-state index >= 15 is 0 Å². The van der Waals surface area contributed by atoms with E-state index in [1.165, 1.54) is 44.5 Å². The maximum atomic E-state index is 6.05. The van der Waals surface area contributed by atoms with E-state index in [1.807, 2.05) is 12.1 Å². The molecule has 0 bridgehead atoms. The molecule has 35 heavy (non-hydrogen) atoms. The van der Waals surface area contributed by atoms with Crippen LogP contribution < -0.4 is 11.5 Å². The summed E-state index contributed by atoms with van der Waals surface area (Å²) < 4.78 is 0. The standard InChI is InChI=1S/C33H38N2/c1-3-30-22-28(16-18-32(30)34)20-26-12-8-24(9-13-26)6-5-7-25-10-14-27(15-11-25)21-29-17-19-33(35)31(4-2)23-29/h8-19,22-23H,3-7,20-21,34-35H2,1-2H3. The van der Waals surface area contributed by atoms with Crippen LogP contribution in [0.25, 0.3) is 0 Å². The van der Waals surface area contributed by atoms with Crippen LogP contribution in [0.2, 0.25) is 0 Å². The van der Waals surface area contributed by atoms with Gasteiger partial charge in [-0.25, -0.2) is 0 Å². The van der Waals surface area contributed by atoms with Crippen molar-refractivity contribution in [2.75, 3.05) is 11.5 Å². The summed E-state index contributed by atoms with van der Waals surface area (Å²) in [5, 5.41) is 0. The van der Waals surface area contributed by atoms with E-state index in [0.29, 0.717) is 0 Å². The smallest absolute Gasteiger partial charge is 0.0346 e. The molecule has 2 heteroatoms. The number of hydrogen-bond acceptors (Lipinski definition) is 2. The van der Waals surface area contributed by atoms with Gasteiger partial charge in [0.2, 0.25) is 0 Å². The van der Waals surface area contributed by atoms with Crippen molar-refractivity contribution in [2.45, 2.75) is 58.8 Å². The van der Waals surface area contributed by atoms with Crippen LogP contribution in [-0.2, 0) is 38.5 Å². The molecule has 0 fully saturated rings. The zero-order valence-electron chi connectivity index (χ0n) is 21.2. The van der Waals surface area contributed by atoms with Gasteiger partial charge in [-0.15, -0.1) is 0 Å². The maximum absolute atomic E-state index is 6.05. The molecule has 0 unspecified atom stereocenters. The third-order valence-electron chi connectivity index (χ3n) is 6.97. The first kappa shape index (κ1) is 24.6. The summed E-state index contributed by atoms with van der Waals surface area (Å²) in [6, 6.07) is 31.1. The lowest BCUT2D eigenvalue weighted by Gasteiger charge is -2.09. The van der Waals surface area contributed by atoms with Crippen LogP contribution in [0.5, 0.6) is 0 Å². The number of anilines is 2. The summed E-state index contributed by atoms with van der Waals surface area (Å²) in [5.74, 6) is 0. The lowest BCUT2D eigenvalue weighted by atomic mass is 9.97. The summed E-state index contributed by atoms with van der Waals surface area (Å²) in [5.41, 5.74) is 24.5. The van der Waals surface area contributed by atoms with Gasteiger partial charge in [-0.05, 0) is 102 Å². The minimum atomic E-state index is 0.897. The fourth-order valence-corrected chi connectivity index (χ4v) is 4.77. The normalized spacial score (nSPS) is 11.0. The van der Waals surface area contributed by atoms with Gasteiger partial charge in [0.05, 0.1) is 0 Å². The molecule has 0 atom stereocenters. The molecule has 4 N–H and O–H groups in total. The number of nitrogens with two attached hydrogens (primary N) is 2. The number of hydrogen-bond donors (Lipinski definition) is 2. The van der Waals surface area contributed by atoms with E-state index in [-0.39, 0.29) is 0 Å². The minimum absolute atomic E-state index is 0.897. The largest absolute Gasteiger partial charge is 0.399 e. The van der Waals surface area contributed by atoms with Crippen molar-refractivity contribution in [2.24, 2.45) is 0 Å². The molecule has 0 heterocycles. The quantitative estimate of drug-likeness (QED) is 0.242. The van der Waals surface area contributed by atoms with Gasteiger partial charge in [-0.2, -0.15) is 0 Å². The van der Waals surface area contributed by atoms with E-state index in [4.69, 9.17) is 11.5 Å². The first-order chi connectivity index (χ1) is 17.0. The third-order valence-corrected chi connectivity index (χ3v) is 6.97. The molecular formula is C33H38N2. The van der Waals surface area contributed by atoms with Gasteiger partial charge in [0.1, 0.15) is 0 Å². The molecule has 4 aromatic carbocycles. The van der Waals surface area contributed by atoms with E-state index in [0.717, 1.165) is 56.3 Å². The first-order valence-corrected chi connectivity index (χ1v) is 12.9. The SMILES string of the molecule is CCc1cc(Cc2ccc(CCCc3ccc(Cc4ccc(N)c(CC)c4)cc3)cc2)ccc1N. The van der Waals surface area contributed by atoms with Crippen LogP contribution in [0.1, 0.15) is 64.8 Å². The number of benzene rings is 4. The molecule has 0 aliphatic heterocycles. The number of rotatable bonds is 10. The predicted molar refractivity (Wildman–Crippen MR) is 151 cm³/mol. The van der Waals surface area contributed by atoms with Gasteiger partial charge >= 0.3 is 0 Å². The summed E-state index contributed by atoms with van der Waals surface area (Å²) in [6.07, 6.45) is 7.23. The Kier molecular flexibility index (Phi) is 8.26. The minimum Gasteiger partial charge on any atom is -0.399 e. The lowest BCUT2D eigenvalue weighted by molar-refractivity contribution is 0.819. The van der Waals surface area contributed by atoms with Crippen molar-refractivity contribution in [3.8, 4) is 0 Å². The van der Waals surface area contributed by atoms with Crippen LogP contribution in [0, 0.1) is 0 Å². The Labute approximate surface area is 211 Å². The molecule has 180 valence electrons. The Bertz CT molecular complexity index is 1140. The van der Waals surface area contributed by atoms with Crippen LogP contribution >= 0.6 is 0 Å². The molecular weight excluding hydrogens is 424 g/mol. The second-order valence-corrected chi connectivity index (χ2v) is 9.61. The molecule has 0 spiro atoms. The van der Waals surface area contributed by atoms with E-state index in [2.05, 4.69) is 86.6 Å². The molecule has 0 amide bonds. The molecule has 0 aliphatic carbocycles. The molecule has 4 aromatic rings. The van der Waals surface area contributed by atoms with E-state index in [9.17, 15) is 0 Å². The Morgan fingerprint density at radius 2 is 0.800 bits per heavy atom. The van der Waals surface area contributed by atoms with Crippen molar-refractivity contribution in [1.82, 2.24) is 0 Å². The average Bonchev–Trinajstić information content (AvgIpc) is 2.88. The van der Waals surface area contributed by atoms with Crippen LogP contribution in [0.15, 0.2) is 84.9 Å². The molecule has 0 aromatic heterocycles. The highest BCUT2D eigenvalue weighted by atomic mass is 14.6. The van der Waals surface area contributed by atoms with E-state index in [1.54, 1.807) is 0 Å². The zero-order valence-corrected chi connectivity index (χ0v) is 21.2. The van der Waals surface area contributed by atoms with Crippen molar-refractivity contribution in [3.05, 3.63) is 129 Å². The Hall–Kier alpha value is -3.52. The molecule has 4 rings (SSSR count). The topological polar surface area (TPSA) is 52.0 Å². The summed E-state index contributed by atoms with van der Waals surface area (Å²) in [7, 11) is 0. The Morgan fingerprint density at radius 3 is 1.17 bits per heavy atom. The van der Waals surface area contributed by atoms with Gasteiger partial charge in [0.15, 0.2) is 0 Å². The molecule has 0 saturated heterocycles. The Morgan fingerprint density at radius 1 is 0.457 bits per heavy atom. The molecule has 0 saturated carbocycles. The fraction of sp³-hybridized carbons (Fsp3) is 0.273. The molecule has 0 aliphatic rings. The zero-order chi connectivity index (χ0) is 24.6. The average molecular weight is 463 g/mol. The second-order valence-electron chi connectivity index (χ2n) is 9.61. The summed E-state index contributed by atoms with van der Waals surface area (Å²) in [4.78, 5) is 0. The highest BCUT2D eigenvalue weighted by molar-refractivity contribution is 5.50. The highest BCUT2D eigenvalue weighted by Gasteiger charge is 2.04. The lowest BCUT2D eigenvalue weighted by Crippen LogP contribution is -1.97. The van der Waals surface area contributed by atoms with Gasteiger partial charge in [0.25, 0.3) is 0 Å². The third kappa shape index (κ3) is 6.76. The monoisotopic (exact) mass is 462 g/mol. The van der Waals surface area contributed by atoms with Gasteiger partial charge in [-0.3, -0.25) is 0 Å². The number of aryl methyl sites for hydroxylation is 4. The van der Waals surface area contributed by atoms with Gasteiger partial charge in [0, 0.05) is 11.4 Å². The van der Waals surface area contributed by atoms with Crippen LogP contribution in [0.4, 0.5) is 11.4 Å². The Balaban J connectivity index is 1.26. The van der Waals surface area contributed by atoms with Crippen LogP contribution in [0.3, 0.4) is 0 Å². The van der Waals surface area contributed by atoms with Gasteiger partial charge < -0.3 is 11.5 Å². The highest BCUT2D eigenvalue weighted by Crippen LogP contribution is 2.20. The molecule has 2 nitrogen and oxygen atoms in total. The molecule has 0 radical (unpaired) electrons. The summed E-state index contributed by atoms with van der Waals surface area (Å²) >= 11 is 0.